The second kappa shape index (κ2) is 6.78. The smallest absolute Gasteiger partial charge is 0.345 e. The van der Waals surface area contributed by atoms with Gasteiger partial charge in [-0.25, -0.2) is 4.79 Å². The molecule has 2 aromatic heterocycles. The molecule has 0 aliphatic heterocycles. The lowest BCUT2D eigenvalue weighted by atomic mass is 10.2. The molecule has 0 saturated heterocycles. The zero-order chi connectivity index (χ0) is 18.0. The van der Waals surface area contributed by atoms with E-state index in [-0.39, 0.29) is 16.5 Å². The molecule has 0 aliphatic rings. The fourth-order valence-corrected chi connectivity index (χ4v) is 3.16. The molecule has 8 heteroatoms. The molecule has 0 bridgehead atoms. The van der Waals surface area contributed by atoms with Gasteiger partial charge in [-0.3, -0.25) is 9.78 Å². The number of rotatable bonds is 5. The Balaban J connectivity index is 2.00. The van der Waals surface area contributed by atoms with Gasteiger partial charge in [0.1, 0.15) is 16.3 Å². The third kappa shape index (κ3) is 3.38. The van der Waals surface area contributed by atoms with Gasteiger partial charge in [-0.2, -0.15) is 0 Å². The number of nitrogens with zero attached hydrogens (tertiary/aromatic N) is 1. The minimum atomic E-state index is -0.980. The number of thiophene rings is 1. The Morgan fingerprint density at radius 3 is 2.68 bits per heavy atom. The molecule has 0 unspecified atom stereocenters. The van der Waals surface area contributed by atoms with Crippen molar-refractivity contribution in [3.05, 3.63) is 47.1 Å². The van der Waals surface area contributed by atoms with Gasteiger partial charge in [-0.1, -0.05) is 0 Å². The van der Waals surface area contributed by atoms with Crippen LogP contribution in [0.15, 0.2) is 36.5 Å². The van der Waals surface area contributed by atoms with Crippen LogP contribution in [0, 0.1) is 0 Å². The third-order valence-electron chi connectivity index (χ3n) is 3.43. The van der Waals surface area contributed by atoms with Crippen LogP contribution in [0.3, 0.4) is 0 Å². The van der Waals surface area contributed by atoms with E-state index in [1.54, 1.807) is 24.3 Å². The molecule has 2 N–H and O–H groups in total. The van der Waals surface area contributed by atoms with Crippen molar-refractivity contribution in [3.8, 4) is 17.2 Å². The first-order valence-corrected chi connectivity index (χ1v) is 8.04. The summed E-state index contributed by atoms with van der Waals surface area (Å²) in [6.07, 6.45) is 1.47. The van der Waals surface area contributed by atoms with Gasteiger partial charge in [-0.05, 0) is 23.6 Å². The summed E-state index contributed by atoms with van der Waals surface area (Å²) >= 11 is 1.16. The van der Waals surface area contributed by atoms with E-state index in [0.29, 0.717) is 17.2 Å². The number of aromatic carboxylic acids is 1. The van der Waals surface area contributed by atoms with Gasteiger partial charge >= 0.3 is 5.97 Å². The standard InChI is InChI=1S/C17H14N2O5S/c1-18-16(20)11-7-10(3-4-19-11)24-13-5-9-6-15(17(21)22)25-14(9)8-12(13)23-2/h3-8H,1-2H3,(H,18,20)(H,21,22). The average Bonchev–Trinajstić information content (AvgIpc) is 3.03. The van der Waals surface area contributed by atoms with Gasteiger partial charge in [0.05, 0.1) is 7.11 Å². The molecular formula is C17H14N2O5S. The molecule has 7 nitrogen and oxygen atoms in total. The Morgan fingerprint density at radius 2 is 2.00 bits per heavy atom. The number of ether oxygens (including phenoxy) is 2. The maximum Gasteiger partial charge on any atom is 0.345 e. The van der Waals surface area contributed by atoms with Crippen LogP contribution in [0.2, 0.25) is 0 Å². The maximum atomic E-state index is 11.7. The second-order valence-corrected chi connectivity index (χ2v) is 6.10. The number of hydrogen-bond donors (Lipinski definition) is 2. The third-order valence-corrected chi connectivity index (χ3v) is 4.52. The minimum Gasteiger partial charge on any atom is -0.493 e. The predicted octanol–water partition coefficient (Wildman–Crippen LogP) is 3.16. The zero-order valence-corrected chi connectivity index (χ0v) is 14.2. The number of carbonyl (C=O) groups is 2. The quantitative estimate of drug-likeness (QED) is 0.727. The lowest BCUT2D eigenvalue weighted by Gasteiger charge is -2.11. The molecule has 0 fully saturated rings. The van der Waals surface area contributed by atoms with Gasteiger partial charge in [0, 0.05) is 30.1 Å². The van der Waals surface area contributed by atoms with E-state index in [9.17, 15) is 9.59 Å². The number of benzene rings is 1. The molecule has 0 radical (unpaired) electrons. The highest BCUT2D eigenvalue weighted by molar-refractivity contribution is 7.20. The maximum absolute atomic E-state index is 11.7. The number of pyridine rings is 1. The van der Waals surface area contributed by atoms with Crippen LogP contribution < -0.4 is 14.8 Å². The number of carboxylic acid groups (broad SMARTS) is 1. The number of nitrogens with one attached hydrogen (secondary N) is 1. The lowest BCUT2D eigenvalue weighted by Crippen LogP contribution is -2.18. The van der Waals surface area contributed by atoms with Crippen LogP contribution in [0.1, 0.15) is 20.2 Å². The van der Waals surface area contributed by atoms with E-state index in [1.165, 1.54) is 26.4 Å². The van der Waals surface area contributed by atoms with Crippen LogP contribution in [0.25, 0.3) is 10.1 Å². The Labute approximate surface area is 146 Å². The van der Waals surface area contributed by atoms with E-state index in [0.717, 1.165) is 21.4 Å². The fraction of sp³-hybridized carbons (Fsp3) is 0.118. The topological polar surface area (TPSA) is 97.8 Å². The van der Waals surface area contributed by atoms with E-state index in [1.807, 2.05) is 0 Å². The SMILES string of the molecule is CNC(=O)c1cc(Oc2cc3cc(C(=O)O)sc3cc2OC)ccn1. The first-order valence-electron chi connectivity index (χ1n) is 7.22. The summed E-state index contributed by atoms with van der Waals surface area (Å²) in [6, 6.07) is 8.14. The van der Waals surface area contributed by atoms with Crippen LogP contribution >= 0.6 is 11.3 Å². The molecule has 25 heavy (non-hydrogen) atoms. The van der Waals surface area contributed by atoms with Gasteiger partial charge in [0.15, 0.2) is 11.5 Å². The number of fused-ring (bicyclic) bond motifs is 1. The highest BCUT2D eigenvalue weighted by atomic mass is 32.1. The fourth-order valence-electron chi connectivity index (χ4n) is 2.25. The van der Waals surface area contributed by atoms with Gasteiger partial charge < -0.3 is 19.9 Å². The van der Waals surface area contributed by atoms with E-state index >= 15 is 0 Å². The number of hydrogen-bond acceptors (Lipinski definition) is 6. The molecule has 3 rings (SSSR count). The molecule has 1 amide bonds. The van der Waals surface area contributed by atoms with Crippen LogP contribution in [0.5, 0.6) is 17.2 Å². The van der Waals surface area contributed by atoms with Gasteiger partial charge in [-0.15, -0.1) is 11.3 Å². The van der Waals surface area contributed by atoms with E-state index < -0.39 is 5.97 Å². The predicted molar refractivity (Wildman–Crippen MR) is 93.0 cm³/mol. The number of carbonyl (C=O) groups excluding carboxylic acids is 1. The number of amides is 1. The number of methoxy groups -OCH3 is 1. The molecule has 2 heterocycles. The first-order chi connectivity index (χ1) is 12.0. The van der Waals surface area contributed by atoms with Gasteiger partial charge in [0.2, 0.25) is 0 Å². The summed E-state index contributed by atoms with van der Waals surface area (Å²) in [7, 11) is 3.02. The molecular weight excluding hydrogens is 344 g/mol. The highest BCUT2D eigenvalue weighted by Crippen LogP contribution is 2.38. The molecule has 0 saturated carbocycles. The summed E-state index contributed by atoms with van der Waals surface area (Å²) in [5.74, 6) is -0.00730. The Morgan fingerprint density at radius 1 is 1.20 bits per heavy atom. The van der Waals surface area contributed by atoms with Crippen LogP contribution in [-0.4, -0.2) is 36.1 Å². The molecule has 0 aliphatic carbocycles. The molecule has 0 atom stereocenters. The van der Waals surface area contributed by atoms with Crippen molar-refractivity contribution >= 4 is 33.3 Å². The van der Waals surface area contributed by atoms with E-state index in [2.05, 4.69) is 10.3 Å². The van der Waals surface area contributed by atoms with Crippen molar-refractivity contribution in [2.75, 3.05) is 14.2 Å². The normalized spacial score (nSPS) is 10.5. The first kappa shape index (κ1) is 16.7. The lowest BCUT2D eigenvalue weighted by molar-refractivity contribution is 0.0702. The van der Waals surface area contributed by atoms with Crippen LogP contribution in [0.4, 0.5) is 0 Å². The summed E-state index contributed by atoms with van der Waals surface area (Å²) < 4.78 is 11.9. The molecule has 1 aromatic carbocycles. The summed E-state index contributed by atoms with van der Waals surface area (Å²) in [5, 5.41) is 12.4. The average molecular weight is 358 g/mol. The number of aromatic nitrogens is 1. The van der Waals surface area contributed by atoms with E-state index in [4.69, 9.17) is 14.6 Å². The Kier molecular flexibility index (Phi) is 4.53. The van der Waals surface area contributed by atoms with Crippen LogP contribution in [-0.2, 0) is 0 Å². The van der Waals surface area contributed by atoms with Gasteiger partial charge in [0.25, 0.3) is 5.91 Å². The van der Waals surface area contributed by atoms with Crippen molar-refractivity contribution in [1.29, 1.82) is 0 Å². The van der Waals surface area contributed by atoms with Crippen molar-refractivity contribution in [2.45, 2.75) is 0 Å². The monoisotopic (exact) mass is 358 g/mol. The largest absolute Gasteiger partial charge is 0.493 e. The molecule has 0 spiro atoms. The summed E-state index contributed by atoms with van der Waals surface area (Å²) in [4.78, 5) is 27.0. The zero-order valence-electron chi connectivity index (χ0n) is 13.4. The Hall–Kier alpha value is -3.13. The highest BCUT2D eigenvalue weighted by Gasteiger charge is 2.14. The Bertz CT molecular complexity index is 967. The minimum absolute atomic E-state index is 0.226. The van der Waals surface area contributed by atoms with Crippen molar-refractivity contribution in [3.63, 3.8) is 0 Å². The molecule has 128 valence electrons. The van der Waals surface area contributed by atoms with Crippen molar-refractivity contribution < 1.29 is 24.2 Å². The molecule has 3 aromatic rings. The summed E-state index contributed by atoms with van der Waals surface area (Å²) in [6.45, 7) is 0. The number of carboxylic acids is 1. The van der Waals surface area contributed by atoms with Crippen molar-refractivity contribution in [1.82, 2.24) is 10.3 Å². The van der Waals surface area contributed by atoms with Crippen molar-refractivity contribution in [2.24, 2.45) is 0 Å². The summed E-state index contributed by atoms with van der Waals surface area (Å²) in [5.41, 5.74) is 0.226. The second-order valence-electron chi connectivity index (χ2n) is 5.01.